The first-order chi connectivity index (χ1) is 14.6. The third-order valence-corrected chi connectivity index (χ3v) is 5.96. The maximum atomic E-state index is 12.7. The number of rotatable bonds is 5. The Morgan fingerprint density at radius 3 is 2.50 bits per heavy atom. The zero-order chi connectivity index (χ0) is 20.9. The van der Waals surface area contributed by atoms with Crippen molar-refractivity contribution in [2.75, 3.05) is 31.9 Å². The molecule has 0 saturated carbocycles. The fraction of sp³-hybridized carbons (Fsp3) is 0.286. The van der Waals surface area contributed by atoms with Gasteiger partial charge in [0.2, 0.25) is 5.91 Å². The number of benzene rings is 1. The molecule has 1 aliphatic rings. The van der Waals surface area contributed by atoms with Crippen LogP contribution in [0, 0.1) is 6.92 Å². The number of piperazine rings is 1. The van der Waals surface area contributed by atoms with Crippen molar-refractivity contribution in [1.29, 1.82) is 0 Å². The van der Waals surface area contributed by atoms with E-state index in [1.807, 2.05) is 29.0 Å². The first-order valence-corrected chi connectivity index (χ1v) is 10.7. The van der Waals surface area contributed by atoms with Crippen molar-refractivity contribution in [2.24, 2.45) is 0 Å². The summed E-state index contributed by atoms with van der Waals surface area (Å²) >= 11 is 1.42. The predicted octanol–water partition coefficient (Wildman–Crippen LogP) is 2.05. The van der Waals surface area contributed by atoms with Gasteiger partial charge in [0.25, 0.3) is 5.91 Å². The Balaban J connectivity index is 1.32. The number of imidazole rings is 1. The third kappa shape index (κ3) is 4.35. The molecule has 2 amide bonds. The van der Waals surface area contributed by atoms with Gasteiger partial charge in [0, 0.05) is 51.0 Å². The molecule has 1 aromatic carbocycles. The number of aryl methyl sites for hydroxylation is 1. The summed E-state index contributed by atoms with van der Waals surface area (Å²) in [5.74, 6) is 0.205. The third-order valence-electron chi connectivity index (χ3n) is 5.01. The van der Waals surface area contributed by atoms with E-state index < -0.39 is 0 Å². The number of hydrogen-bond donors (Lipinski definition) is 0. The first kappa shape index (κ1) is 20.1. The summed E-state index contributed by atoms with van der Waals surface area (Å²) in [6, 6.07) is 8.08. The molecule has 0 bridgehead atoms. The molecule has 9 heteroatoms. The monoisotopic (exact) mass is 422 g/mol. The lowest BCUT2D eigenvalue weighted by Crippen LogP contribution is -2.51. The van der Waals surface area contributed by atoms with Crippen LogP contribution in [0.15, 0.2) is 60.4 Å². The lowest BCUT2D eigenvalue weighted by atomic mass is 10.2. The average molecular weight is 423 g/mol. The van der Waals surface area contributed by atoms with Gasteiger partial charge in [0.05, 0.1) is 17.6 Å². The summed E-state index contributed by atoms with van der Waals surface area (Å²) in [5.41, 5.74) is 2.53. The van der Waals surface area contributed by atoms with Crippen molar-refractivity contribution < 1.29 is 9.59 Å². The number of carbonyl (C=O) groups is 2. The molecule has 30 heavy (non-hydrogen) atoms. The van der Waals surface area contributed by atoms with Crippen molar-refractivity contribution in [1.82, 2.24) is 29.3 Å². The Bertz CT molecular complexity index is 1030. The SMILES string of the molecule is Cc1ccccc1-n1ccnc1SCC(=O)N1CCN(C(=O)c2cnccn2)CC1. The molecule has 0 unspecified atom stereocenters. The topological polar surface area (TPSA) is 84.2 Å². The normalized spacial score (nSPS) is 14.0. The second-order valence-electron chi connectivity index (χ2n) is 6.92. The summed E-state index contributed by atoms with van der Waals surface area (Å²) in [4.78, 5) is 41.1. The standard InChI is InChI=1S/C21H22N6O2S/c1-16-4-2-3-5-18(16)27-9-8-24-21(27)30-15-19(28)25-10-12-26(13-11-25)20(29)17-14-22-6-7-23-17/h2-9,14H,10-13,15H2,1H3. The van der Waals surface area contributed by atoms with E-state index in [0.717, 1.165) is 16.4 Å². The molecule has 1 saturated heterocycles. The van der Waals surface area contributed by atoms with E-state index in [0.29, 0.717) is 37.6 Å². The lowest BCUT2D eigenvalue weighted by molar-refractivity contribution is -0.129. The van der Waals surface area contributed by atoms with E-state index in [-0.39, 0.29) is 11.8 Å². The van der Waals surface area contributed by atoms with E-state index in [1.54, 1.807) is 16.0 Å². The number of thioether (sulfide) groups is 1. The molecular formula is C21H22N6O2S. The van der Waals surface area contributed by atoms with E-state index in [4.69, 9.17) is 0 Å². The maximum absolute atomic E-state index is 12.7. The Morgan fingerprint density at radius 2 is 1.77 bits per heavy atom. The van der Waals surface area contributed by atoms with Gasteiger partial charge in [-0.3, -0.25) is 19.1 Å². The molecule has 1 fully saturated rings. The largest absolute Gasteiger partial charge is 0.338 e. The fourth-order valence-electron chi connectivity index (χ4n) is 3.36. The Labute approximate surface area is 179 Å². The molecule has 3 aromatic rings. The van der Waals surface area contributed by atoms with Gasteiger partial charge in [-0.05, 0) is 18.6 Å². The van der Waals surface area contributed by atoms with Crippen LogP contribution in [0.4, 0.5) is 0 Å². The quantitative estimate of drug-likeness (QED) is 0.585. The highest BCUT2D eigenvalue weighted by Crippen LogP contribution is 2.23. The van der Waals surface area contributed by atoms with E-state index >= 15 is 0 Å². The number of nitrogens with zero attached hydrogens (tertiary/aromatic N) is 6. The number of carbonyl (C=O) groups excluding carboxylic acids is 2. The molecule has 4 rings (SSSR count). The molecule has 1 aliphatic heterocycles. The number of hydrogen-bond acceptors (Lipinski definition) is 6. The van der Waals surface area contributed by atoms with Crippen molar-refractivity contribution in [3.05, 3.63) is 66.5 Å². The average Bonchev–Trinajstić information content (AvgIpc) is 3.26. The van der Waals surface area contributed by atoms with Crippen LogP contribution in [0.3, 0.4) is 0 Å². The highest BCUT2D eigenvalue weighted by atomic mass is 32.2. The van der Waals surface area contributed by atoms with Crippen LogP contribution >= 0.6 is 11.8 Å². The zero-order valence-corrected chi connectivity index (χ0v) is 17.5. The molecule has 2 aromatic heterocycles. The lowest BCUT2D eigenvalue weighted by Gasteiger charge is -2.34. The molecule has 0 atom stereocenters. The Kier molecular flexibility index (Phi) is 6.08. The fourth-order valence-corrected chi connectivity index (χ4v) is 4.23. The summed E-state index contributed by atoms with van der Waals surface area (Å²) in [7, 11) is 0. The van der Waals surface area contributed by atoms with E-state index in [2.05, 4.69) is 27.9 Å². The minimum Gasteiger partial charge on any atom is -0.338 e. The minimum atomic E-state index is -0.148. The highest BCUT2D eigenvalue weighted by Gasteiger charge is 2.25. The number of aromatic nitrogens is 4. The summed E-state index contributed by atoms with van der Waals surface area (Å²) in [5, 5.41) is 0.786. The Hall–Kier alpha value is -3.20. The Morgan fingerprint density at radius 1 is 1.00 bits per heavy atom. The van der Waals surface area contributed by atoms with Crippen LogP contribution in [0.5, 0.6) is 0 Å². The maximum Gasteiger partial charge on any atom is 0.274 e. The van der Waals surface area contributed by atoms with Crippen molar-refractivity contribution in [3.63, 3.8) is 0 Å². The molecule has 154 valence electrons. The second kappa shape index (κ2) is 9.08. The summed E-state index contributed by atoms with van der Waals surface area (Å²) in [6.45, 7) is 4.05. The summed E-state index contributed by atoms with van der Waals surface area (Å²) in [6.07, 6.45) is 8.16. The molecule has 0 radical (unpaired) electrons. The van der Waals surface area contributed by atoms with Crippen LogP contribution in [-0.2, 0) is 4.79 Å². The van der Waals surface area contributed by atoms with Crippen molar-refractivity contribution >= 4 is 23.6 Å². The smallest absolute Gasteiger partial charge is 0.274 e. The zero-order valence-electron chi connectivity index (χ0n) is 16.6. The van der Waals surface area contributed by atoms with Crippen LogP contribution < -0.4 is 0 Å². The van der Waals surface area contributed by atoms with Crippen LogP contribution in [0.1, 0.15) is 16.1 Å². The molecule has 0 N–H and O–H groups in total. The van der Waals surface area contributed by atoms with Gasteiger partial charge in [-0.1, -0.05) is 30.0 Å². The summed E-state index contributed by atoms with van der Waals surface area (Å²) < 4.78 is 2.00. The van der Waals surface area contributed by atoms with Gasteiger partial charge in [-0.15, -0.1) is 0 Å². The number of amides is 2. The van der Waals surface area contributed by atoms with Crippen LogP contribution in [0.2, 0.25) is 0 Å². The molecule has 3 heterocycles. The van der Waals surface area contributed by atoms with Gasteiger partial charge >= 0.3 is 0 Å². The van der Waals surface area contributed by atoms with Gasteiger partial charge in [-0.2, -0.15) is 0 Å². The second-order valence-corrected chi connectivity index (χ2v) is 7.86. The molecule has 0 aliphatic carbocycles. The predicted molar refractivity (Wildman–Crippen MR) is 114 cm³/mol. The first-order valence-electron chi connectivity index (χ1n) is 9.68. The van der Waals surface area contributed by atoms with Gasteiger partial charge in [-0.25, -0.2) is 9.97 Å². The van der Waals surface area contributed by atoms with E-state index in [1.165, 1.54) is 30.4 Å². The number of para-hydroxylation sites is 1. The minimum absolute atomic E-state index is 0.0472. The van der Waals surface area contributed by atoms with Crippen LogP contribution in [0.25, 0.3) is 5.69 Å². The van der Waals surface area contributed by atoms with Crippen molar-refractivity contribution in [2.45, 2.75) is 12.1 Å². The van der Waals surface area contributed by atoms with Gasteiger partial charge < -0.3 is 9.80 Å². The van der Waals surface area contributed by atoms with Crippen molar-refractivity contribution in [3.8, 4) is 5.69 Å². The highest BCUT2D eigenvalue weighted by molar-refractivity contribution is 7.99. The van der Waals surface area contributed by atoms with Gasteiger partial charge in [0.15, 0.2) is 5.16 Å². The van der Waals surface area contributed by atoms with E-state index in [9.17, 15) is 9.59 Å². The molecular weight excluding hydrogens is 400 g/mol. The van der Waals surface area contributed by atoms with Gasteiger partial charge in [0.1, 0.15) is 5.69 Å². The molecule has 8 nitrogen and oxygen atoms in total. The molecule has 0 spiro atoms. The van der Waals surface area contributed by atoms with Crippen LogP contribution in [-0.4, -0.2) is 73.1 Å².